The first-order valence-electron chi connectivity index (χ1n) is 5.70. The van der Waals surface area contributed by atoms with Gasteiger partial charge in [-0.1, -0.05) is 27.7 Å². The zero-order valence-electron chi connectivity index (χ0n) is 10.5. The van der Waals surface area contributed by atoms with Crippen molar-refractivity contribution in [2.24, 2.45) is 11.3 Å². The Bertz CT molecular complexity index is 132. The van der Waals surface area contributed by atoms with Gasteiger partial charge in [-0.15, -0.1) is 0 Å². The van der Waals surface area contributed by atoms with Gasteiger partial charge >= 0.3 is 0 Å². The van der Waals surface area contributed by atoms with Gasteiger partial charge in [-0.05, 0) is 31.2 Å². The third kappa shape index (κ3) is 8.52. The van der Waals surface area contributed by atoms with Crippen LogP contribution in [-0.4, -0.2) is 26.8 Å². The summed E-state index contributed by atoms with van der Waals surface area (Å²) in [7, 11) is 2.00. The molecule has 0 aromatic carbocycles. The Morgan fingerprint density at radius 1 is 1.21 bits per heavy atom. The second kappa shape index (κ2) is 7.24. The van der Waals surface area contributed by atoms with Gasteiger partial charge in [-0.25, -0.2) is 0 Å². The first kappa shape index (κ1) is 13.9. The summed E-state index contributed by atoms with van der Waals surface area (Å²) in [5.41, 5.74) is 0.354. The van der Waals surface area contributed by atoms with E-state index in [9.17, 15) is 0 Å². The van der Waals surface area contributed by atoms with Crippen molar-refractivity contribution in [2.75, 3.05) is 26.8 Å². The quantitative estimate of drug-likeness (QED) is 0.610. The van der Waals surface area contributed by atoms with Crippen LogP contribution in [0.5, 0.6) is 0 Å². The maximum Gasteiger partial charge on any atom is 0.0471 e. The Hall–Kier alpha value is -0.0800. The van der Waals surface area contributed by atoms with Crippen molar-refractivity contribution in [1.29, 1.82) is 0 Å². The van der Waals surface area contributed by atoms with Gasteiger partial charge in [0.1, 0.15) is 0 Å². The molecule has 86 valence electrons. The predicted molar refractivity (Wildman–Crippen MR) is 62.6 cm³/mol. The summed E-state index contributed by atoms with van der Waals surface area (Å²) in [6.45, 7) is 11.9. The summed E-state index contributed by atoms with van der Waals surface area (Å²) < 4.78 is 5.60. The molecule has 0 spiro atoms. The van der Waals surface area contributed by atoms with Crippen molar-refractivity contribution >= 4 is 0 Å². The van der Waals surface area contributed by atoms with Crippen molar-refractivity contribution in [3.63, 3.8) is 0 Å². The van der Waals surface area contributed by atoms with Crippen molar-refractivity contribution in [1.82, 2.24) is 5.32 Å². The van der Waals surface area contributed by atoms with Crippen LogP contribution in [-0.2, 0) is 4.74 Å². The third-order valence-corrected chi connectivity index (χ3v) is 2.42. The summed E-state index contributed by atoms with van der Waals surface area (Å²) in [5, 5.41) is 3.21. The minimum atomic E-state index is 0.354. The highest BCUT2D eigenvalue weighted by atomic mass is 16.5. The third-order valence-electron chi connectivity index (χ3n) is 2.42. The van der Waals surface area contributed by atoms with Gasteiger partial charge in [0.15, 0.2) is 0 Å². The molecule has 0 radical (unpaired) electrons. The lowest BCUT2D eigenvalue weighted by atomic mass is 9.90. The Labute approximate surface area is 89.4 Å². The molecule has 0 aromatic heterocycles. The maximum atomic E-state index is 5.60. The molecule has 0 heterocycles. The van der Waals surface area contributed by atoms with E-state index in [2.05, 4.69) is 33.0 Å². The summed E-state index contributed by atoms with van der Waals surface area (Å²) in [6.07, 6.45) is 2.30. The lowest BCUT2D eigenvalue weighted by molar-refractivity contribution is 0.0960. The molecule has 0 atom stereocenters. The molecule has 0 unspecified atom stereocenters. The first-order valence-corrected chi connectivity index (χ1v) is 5.70. The Morgan fingerprint density at radius 3 is 2.36 bits per heavy atom. The molecule has 0 aliphatic heterocycles. The van der Waals surface area contributed by atoms with Crippen LogP contribution in [0.3, 0.4) is 0 Å². The fourth-order valence-electron chi connectivity index (χ4n) is 1.34. The molecule has 2 heteroatoms. The van der Waals surface area contributed by atoms with Gasteiger partial charge in [0, 0.05) is 19.8 Å². The summed E-state index contributed by atoms with van der Waals surface area (Å²) in [4.78, 5) is 0. The molecule has 1 N–H and O–H groups in total. The van der Waals surface area contributed by atoms with Crippen LogP contribution in [0.2, 0.25) is 0 Å². The van der Waals surface area contributed by atoms with E-state index in [-0.39, 0.29) is 0 Å². The molecule has 0 amide bonds. The standard InChI is InChI=1S/C12H27NO/c1-11(2)6-8-14-9-7-12(3,4)10-13-5/h11,13H,6-10H2,1-5H3. The smallest absolute Gasteiger partial charge is 0.0471 e. The largest absolute Gasteiger partial charge is 0.381 e. The zero-order chi connectivity index (χ0) is 11.0. The molecule has 0 aromatic rings. The van der Waals surface area contributed by atoms with Crippen LogP contribution >= 0.6 is 0 Å². The fraction of sp³-hybridized carbons (Fsp3) is 1.00. The van der Waals surface area contributed by atoms with E-state index in [0.29, 0.717) is 5.41 Å². The van der Waals surface area contributed by atoms with Crippen LogP contribution in [0.25, 0.3) is 0 Å². The Balaban J connectivity index is 3.34. The summed E-state index contributed by atoms with van der Waals surface area (Å²) >= 11 is 0. The van der Waals surface area contributed by atoms with E-state index in [1.54, 1.807) is 0 Å². The van der Waals surface area contributed by atoms with E-state index < -0.39 is 0 Å². The van der Waals surface area contributed by atoms with Gasteiger partial charge in [0.05, 0.1) is 0 Å². The monoisotopic (exact) mass is 201 g/mol. The van der Waals surface area contributed by atoms with Gasteiger partial charge in [0.25, 0.3) is 0 Å². The molecule has 0 saturated carbocycles. The van der Waals surface area contributed by atoms with Crippen LogP contribution in [0.1, 0.15) is 40.5 Å². The number of hydrogen-bond acceptors (Lipinski definition) is 2. The van der Waals surface area contributed by atoms with E-state index in [0.717, 1.165) is 32.1 Å². The second-order valence-corrected chi connectivity index (χ2v) is 5.24. The average Bonchev–Trinajstić information content (AvgIpc) is 2.02. The van der Waals surface area contributed by atoms with E-state index in [1.165, 1.54) is 6.42 Å². The maximum absolute atomic E-state index is 5.60. The number of nitrogens with one attached hydrogen (secondary N) is 1. The summed E-state index contributed by atoms with van der Waals surface area (Å²) in [5.74, 6) is 0.750. The van der Waals surface area contributed by atoms with Gasteiger partial charge in [-0.3, -0.25) is 0 Å². The van der Waals surface area contributed by atoms with E-state index in [4.69, 9.17) is 4.74 Å². The molecule has 2 nitrogen and oxygen atoms in total. The Morgan fingerprint density at radius 2 is 1.86 bits per heavy atom. The van der Waals surface area contributed by atoms with Crippen molar-refractivity contribution < 1.29 is 4.74 Å². The number of rotatable bonds is 8. The topological polar surface area (TPSA) is 21.3 Å². The molecule has 0 aliphatic rings. The van der Waals surface area contributed by atoms with Crippen LogP contribution in [0, 0.1) is 11.3 Å². The van der Waals surface area contributed by atoms with E-state index in [1.807, 2.05) is 7.05 Å². The number of ether oxygens (including phenoxy) is 1. The summed E-state index contributed by atoms with van der Waals surface area (Å²) in [6, 6.07) is 0. The van der Waals surface area contributed by atoms with Gasteiger partial charge in [0.2, 0.25) is 0 Å². The van der Waals surface area contributed by atoms with Crippen LogP contribution in [0.4, 0.5) is 0 Å². The minimum Gasteiger partial charge on any atom is -0.381 e. The highest BCUT2D eigenvalue weighted by Crippen LogP contribution is 2.18. The zero-order valence-corrected chi connectivity index (χ0v) is 10.5. The van der Waals surface area contributed by atoms with E-state index >= 15 is 0 Å². The Kier molecular flexibility index (Phi) is 7.20. The van der Waals surface area contributed by atoms with Crippen molar-refractivity contribution in [2.45, 2.75) is 40.5 Å². The second-order valence-electron chi connectivity index (χ2n) is 5.24. The van der Waals surface area contributed by atoms with Crippen LogP contribution in [0.15, 0.2) is 0 Å². The predicted octanol–water partition coefficient (Wildman–Crippen LogP) is 2.68. The van der Waals surface area contributed by atoms with Crippen molar-refractivity contribution in [3.05, 3.63) is 0 Å². The average molecular weight is 201 g/mol. The lowest BCUT2D eigenvalue weighted by Gasteiger charge is -2.23. The number of hydrogen-bond donors (Lipinski definition) is 1. The molecule has 0 rings (SSSR count). The van der Waals surface area contributed by atoms with Gasteiger partial charge < -0.3 is 10.1 Å². The molecule has 0 saturated heterocycles. The van der Waals surface area contributed by atoms with Gasteiger partial charge in [-0.2, -0.15) is 0 Å². The van der Waals surface area contributed by atoms with Crippen molar-refractivity contribution in [3.8, 4) is 0 Å². The lowest BCUT2D eigenvalue weighted by Crippen LogP contribution is -2.28. The first-order chi connectivity index (χ1) is 6.48. The molecular formula is C12H27NO. The molecule has 0 aliphatic carbocycles. The fourth-order valence-corrected chi connectivity index (χ4v) is 1.34. The molecule has 14 heavy (non-hydrogen) atoms. The highest BCUT2D eigenvalue weighted by molar-refractivity contribution is 4.69. The highest BCUT2D eigenvalue weighted by Gasteiger charge is 2.15. The SMILES string of the molecule is CNCC(C)(C)CCOCCC(C)C. The normalized spacial score (nSPS) is 12.4. The molecular weight excluding hydrogens is 174 g/mol. The minimum absolute atomic E-state index is 0.354. The van der Waals surface area contributed by atoms with Crippen LogP contribution < -0.4 is 5.32 Å². The molecule has 0 fully saturated rings. The molecule has 0 bridgehead atoms.